The third kappa shape index (κ3) is 4.08. The summed E-state index contributed by atoms with van der Waals surface area (Å²) in [4.78, 5) is 13.9. The van der Waals surface area contributed by atoms with Crippen molar-refractivity contribution in [1.82, 2.24) is 10.2 Å². The van der Waals surface area contributed by atoms with E-state index < -0.39 is 0 Å². The highest BCUT2D eigenvalue weighted by Crippen LogP contribution is 2.24. The molecule has 0 saturated heterocycles. The van der Waals surface area contributed by atoms with Crippen LogP contribution in [0.15, 0.2) is 57.2 Å². The molecule has 0 aliphatic rings. The molecular weight excluding hydrogens is 330 g/mol. The van der Waals surface area contributed by atoms with Gasteiger partial charge in [-0.15, -0.1) is 28.2 Å². The van der Waals surface area contributed by atoms with Crippen LogP contribution < -0.4 is 5.32 Å². The topological polar surface area (TPSA) is 68.0 Å². The Labute approximate surface area is 141 Å². The average Bonchev–Trinajstić information content (AvgIpc) is 3.25. The van der Waals surface area contributed by atoms with E-state index in [1.54, 1.807) is 29.2 Å². The number of anilines is 1. The molecule has 3 rings (SSSR count). The third-order valence-corrected chi connectivity index (χ3v) is 4.48. The van der Waals surface area contributed by atoms with E-state index in [9.17, 15) is 4.79 Å². The lowest BCUT2D eigenvalue weighted by Crippen LogP contribution is -2.07. The Hall–Kier alpha value is -2.38. The maximum absolute atomic E-state index is 11.8. The Balaban J connectivity index is 1.68. The number of thiophene rings is 1. The van der Waals surface area contributed by atoms with Crippen LogP contribution in [0.25, 0.3) is 17.5 Å². The number of nitrogens with zero attached hydrogens (tertiary/aromatic N) is 2. The minimum absolute atomic E-state index is 0.0791. The van der Waals surface area contributed by atoms with Gasteiger partial charge in [0, 0.05) is 21.4 Å². The third-order valence-electron chi connectivity index (χ3n) is 2.91. The molecule has 0 radical (unpaired) electrons. The molecule has 1 amide bonds. The van der Waals surface area contributed by atoms with Crippen molar-refractivity contribution in [2.45, 2.75) is 4.90 Å². The molecule has 0 saturated carbocycles. The molecular formula is C16H13N3O2S2. The van der Waals surface area contributed by atoms with Gasteiger partial charge in [-0.1, -0.05) is 17.2 Å². The molecule has 116 valence electrons. The Kier molecular flexibility index (Phi) is 4.89. The normalized spacial score (nSPS) is 11.0. The van der Waals surface area contributed by atoms with Crippen LogP contribution in [0.4, 0.5) is 6.01 Å². The molecule has 23 heavy (non-hydrogen) atoms. The van der Waals surface area contributed by atoms with Gasteiger partial charge < -0.3 is 4.42 Å². The lowest BCUT2D eigenvalue weighted by atomic mass is 10.2. The van der Waals surface area contributed by atoms with E-state index in [1.807, 2.05) is 48.0 Å². The van der Waals surface area contributed by atoms with Crippen LogP contribution >= 0.6 is 23.1 Å². The second kappa shape index (κ2) is 7.26. The number of hydrogen-bond donors (Lipinski definition) is 1. The van der Waals surface area contributed by atoms with E-state index in [0.717, 1.165) is 15.3 Å². The van der Waals surface area contributed by atoms with Gasteiger partial charge in [0.1, 0.15) is 0 Å². The highest BCUT2D eigenvalue weighted by molar-refractivity contribution is 7.98. The first-order chi connectivity index (χ1) is 11.2. The molecule has 0 unspecified atom stereocenters. The Morgan fingerprint density at radius 3 is 3.00 bits per heavy atom. The predicted octanol–water partition coefficient (Wildman–Crippen LogP) is 4.17. The van der Waals surface area contributed by atoms with E-state index in [4.69, 9.17) is 4.42 Å². The van der Waals surface area contributed by atoms with Gasteiger partial charge in [-0.3, -0.25) is 10.1 Å². The summed E-state index contributed by atoms with van der Waals surface area (Å²) in [6, 6.07) is 11.7. The number of rotatable bonds is 5. The number of carbonyl (C=O) groups excluding carboxylic acids is 1. The standard InChI is InChI=1S/C16H13N3O2S2/c1-22-13-5-2-4-11(10-13)15-18-19-16(21-15)17-14(20)8-7-12-6-3-9-23-12/h2-10H,1H3,(H,17,19,20)/b8-7+. The fraction of sp³-hybridized carbons (Fsp3) is 0.0625. The van der Waals surface area contributed by atoms with Crippen LogP contribution in [0.3, 0.4) is 0 Å². The van der Waals surface area contributed by atoms with Gasteiger partial charge in [0.05, 0.1) is 0 Å². The number of benzene rings is 1. The maximum atomic E-state index is 11.8. The fourth-order valence-electron chi connectivity index (χ4n) is 1.84. The fourth-order valence-corrected chi connectivity index (χ4v) is 2.91. The van der Waals surface area contributed by atoms with E-state index in [-0.39, 0.29) is 11.9 Å². The van der Waals surface area contributed by atoms with Crippen LogP contribution in [0.5, 0.6) is 0 Å². The number of amides is 1. The number of carbonyl (C=O) groups is 1. The van der Waals surface area contributed by atoms with Crippen molar-refractivity contribution in [2.24, 2.45) is 0 Å². The van der Waals surface area contributed by atoms with Gasteiger partial charge in [-0.2, -0.15) is 0 Å². The molecule has 2 heterocycles. The van der Waals surface area contributed by atoms with Crippen molar-refractivity contribution in [1.29, 1.82) is 0 Å². The first kappa shape index (κ1) is 15.5. The molecule has 1 N–H and O–H groups in total. The van der Waals surface area contributed by atoms with E-state index in [1.165, 1.54) is 6.08 Å². The molecule has 0 aliphatic heterocycles. The molecule has 5 nitrogen and oxygen atoms in total. The number of aromatic nitrogens is 2. The number of thioether (sulfide) groups is 1. The lowest BCUT2D eigenvalue weighted by molar-refractivity contribution is -0.112. The summed E-state index contributed by atoms with van der Waals surface area (Å²) in [5, 5.41) is 12.3. The summed E-state index contributed by atoms with van der Waals surface area (Å²) in [6.45, 7) is 0. The van der Waals surface area contributed by atoms with Gasteiger partial charge >= 0.3 is 6.01 Å². The molecule has 7 heteroatoms. The Morgan fingerprint density at radius 1 is 1.30 bits per heavy atom. The van der Waals surface area contributed by atoms with Crippen molar-refractivity contribution < 1.29 is 9.21 Å². The summed E-state index contributed by atoms with van der Waals surface area (Å²) in [7, 11) is 0. The highest BCUT2D eigenvalue weighted by Gasteiger charge is 2.10. The van der Waals surface area contributed by atoms with E-state index in [0.29, 0.717) is 5.89 Å². The zero-order valence-corrected chi connectivity index (χ0v) is 13.9. The first-order valence-corrected chi connectivity index (χ1v) is 8.85. The average molecular weight is 343 g/mol. The van der Waals surface area contributed by atoms with Gasteiger partial charge in [0.2, 0.25) is 5.89 Å². The lowest BCUT2D eigenvalue weighted by Gasteiger charge is -1.98. The van der Waals surface area contributed by atoms with Crippen molar-refractivity contribution in [2.75, 3.05) is 11.6 Å². The summed E-state index contributed by atoms with van der Waals surface area (Å²) < 4.78 is 5.48. The van der Waals surface area contributed by atoms with Crippen molar-refractivity contribution in [3.63, 3.8) is 0 Å². The predicted molar refractivity (Wildman–Crippen MR) is 93.5 cm³/mol. The van der Waals surface area contributed by atoms with Crippen LogP contribution in [0, 0.1) is 0 Å². The molecule has 0 fully saturated rings. The molecule has 1 aromatic carbocycles. The maximum Gasteiger partial charge on any atom is 0.322 e. The van der Waals surface area contributed by atoms with Crippen molar-refractivity contribution >= 4 is 41.1 Å². The zero-order valence-electron chi connectivity index (χ0n) is 12.2. The Bertz CT molecular complexity index is 825. The molecule has 2 aromatic heterocycles. The van der Waals surface area contributed by atoms with Gasteiger partial charge in [-0.05, 0) is 42.0 Å². The second-order valence-corrected chi connectivity index (χ2v) is 6.34. The first-order valence-electron chi connectivity index (χ1n) is 6.75. The summed E-state index contributed by atoms with van der Waals surface area (Å²) in [5.41, 5.74) is 0.818. The van der Waals surface area contributed by atoms with Crippen molar-refractivity contribution in [3.05, 3.63) is 52.7 Å². The van der Waals surface area contributed by atoms with Crippen LogP contribution in [0.2, 0.25) is 0 Å². The molecule has 0 spiro atoms. The van der Waals surface area contributed by atoms with Crippen LogP contribution in [-0.4, -0.2) is 22.4 Å². The molecule has 3 aromatic rings. The molecule has 0 atom stereocenters. The summed E-state index contributed by atoms with van der Waals surface area (Å²) >= 11 is 3.19. The highest BCUT2D eigenvalue weighted by atomic mass is 32.2. The largest absolute Gasteiger partial charge is 0.403 e. The minimum Gasteiger partial charge on any atom is -0.403 e. The summed E-state index contributed by atoms with van der Waals surface area (Å²) in [6.07, 6.45) is 5.17. The second-order valence-electron chi connectivity index (χ2n) is 4.48. The molecule has 0 aliphatic carbocycles. The van der Waals surface area contributed by atoms with Crippen LogP contribution in [0.1, 0.15) is 4.88 Å². The van der Waals surface area contributed by atoms with Crippen molar-refractivity contribution in [3.8, 4) is 11.5 Å². The van der Waals surface area contributed by atoms with E-state index >= 15 is 0 Å². The minimum atomic E-state index is -0.313. The summed E-state index contributed by atoms with van der Waals surface area (Å²) in [5.74, 6) is 0.0601. The van der Waals surface area contributed by atoms with Gasteiger partial charge in [0.15, 0.2) is 0 Å². The SMILES string of the molecule is CSc1cccc(-c2nnc(NC(=O)/C=C/c3cccs3)o2)c1. The Morgan fingerprint density at radius 2 is 2.22 bits per heavy atom. The van der Waals surface area contributed by atoms with E-state index in [2.05, 4.69) is 15.5 Å². The molecule has 0 bridgehead atoms. The zero-order chi connectivity index (χ0) is 16.1. The van der Waals surface area contributed by atoms with Gasteiger partial charge in [0.25, 0.3) is 5.91 Å². The van der Waals surface area contributed by atoms with Crippen LogP contribution in [-0.2, 0) is 4.79 Å². The smallest absolute Gasteiger partial charge is 0.322 e. The quantitative estimate of drug-likeness (QED) is 0.556. The van der Waals surface area contributed by atoms with Gasteiger partial charge in [-0.25, -0.2) is 0 Å². The number of nitrogens with one attached hydrogen (secondary N) is 1. The number of hydrogen-bond acceptors (Lipinski definition) is 6. The monoisotopic (exact) mass is 343 g/mol.